The fourth-order valence-corrected chi connectivity index (χ4v) is 3.87. The second-order valence-corrected chi connectivity index (χ2v) is 7.55. The van der Waals surface area contributed by atoms with Gasteiger partial charge < -0.3 is 9.47 Å². The van der Waals surface area contributed by atoms with Crippen LogP contribution in [0.2, 0.25) is 0 Å². The van der Waals surface area contributed by atoms with Gasteiger partial charge in [-0.25, -0.2) is 18.4 Å². The van der Waals surface area contributed by atoms with Crippen molar-refractivity contribution in [2.75, 3.05) is 14.2 Å². The van der Waals surface area contributed by atoms with E-state index in [9.17, 15) is 13.4 Å². The lowest BCUT2D eigenvalue weighted by Crippen LogP contribution is -2.31. The predicted molar refractivity (Wildman–Crippen MR) is 102 cm³/mol. The summed E-state index contributed by atoms with van der Waals surface area (Å²) in [7, 11) is -1.40. The topological polar surface area (TPSA) is 119 Å². The number of amides is 1. The molecule has 9 nitrogen and oxygen atoms in total. The van der Waals surface area contributed by atoms with Crippen molar-refractivity contribution < 1.29 is 22.9 Å². The molecule has 3 rings (SSSR count). The molecule has 2 aromatic heterocycles. The molecule has 2 heterocycles. The summed E-state index contributed by atoms with van der Waals surface area (Å²) in [6.07, 6.45) is 3.39. The number of nitrogens with one attached hydrogen (secondary N) is 2. The van der Waals surface area contributed by atoms with Crippen molar-refractivity contribution in [3.8, 4) is 11.6 Å². The highest BCUT2D eigenvalue weighted by Gasteiger charge is 2.24. The summed E-state index contributed by atoms with van der Waals surface area (Å²) in [5, 5.41) is 4.09. The average Bonchev–Trinajstić information content (AvgIpc) is 3.20. The van der Waals surface area contributed by atoms with Crippen LogP contribution in [0, 0.1) is 10.6 Å². The highest BCUT2D eigenvalue weighted by Crippen LogP contribution is 2.27. The lowest BCUT2D eigenvalue weighted by atomic mass is 10.2. The third kappa shape index (κ3) is 4.35. The molecule has 1 aromatic carbocycles. The Morgan fingerprint density at radius 1 is 1.24 bits per heavy atom. The first kappa shape index (κ1) is 20.3. The molecule has 0 spiro atoms. The predicted octanol–water partition coefficient (Wildman–Crippen LogP) is 2.23. The molecule has 0 saturated carbocycles. The first-order chi connectivity index (χ1) is 13.9. The Morgan fingerprint density at radius 2 is 2.03 bits per heavy atom. The molecule has 2 N–H and O–H groups in total. The minimum absolute atomic E-state index is 0.106. The highest BCUT2D eigenvalue weighted by atomic mass is 32.2. The van der Waals surface area contributed by atoms with Crippen LogP contribution >= 0.6 is 0 Å². The first-order valence-electron chi connectivity index (χ1n) is 8.30. The van der Waals surface area contributed by atoms with E-state index in [4.69, 9.17) is 14.3 Å². The van der Waals surface area contributed by atoms with Gasteiger partial charge in [0.25, 0.3) is 5.91 Å². The molecule has 1 amide bonds. The maximum Gasteiger partial charge on any atom is 0.282 e. The Morgan fingerprint density at radius 3 is 2.69 bits per heavy atom. The second kappa shape index (κ2) is 8.27. The SMILES string of the molecule is COc1cccc(F)c1[S@@](=N)(=O)NC(=O)c1ccc(Cn2cccn2)c(OC)n1. The van der Waals surface area contributed by atoms with E-state index in [1.165, 1.54) is 32.4 Å². The van der Waals surface area contributed by atoms with Crippen LogP contribution in [-0.4, -0.2) is 39.1 Å². The third-order valence-corrected chi connectivity index (χ3v) is 5.38. The Labute approximate surface area is 166 Å². The summed E-state index contributed by atoms with van der Waals surface area (Å²) < 4.78 is 48.8. The second-order valence-electron chi connectivity index (χ2n) is 5.83. The first-order valence-corrected chi connectivity index (χ1v) is 9.86. The van der Waals surface area contributed by atoms with Gasteiger partial charge >= 0.3 is 0 Å². The Kier molecular flexibility index (Phi) is 5.78. The molecule has 0 saturated heterocycles. The number of nitrogens with zero attached hydrogens (tertiary/aromatic N) is 3. The van der Waals surface area contributed by atoms with Crippen LogP contribution in [0.5, 0.6) is 11.6 Å². The standard InChI is InChI=1S/C18H18FN5O4S/c1-27-15-6-3-5-13(19)16(15)29(20,26)23-17(25)14-8-7-12(18(22-14)28-2)11-24-10-4-9-21-24/h3-10H,11H2,1-2H3,(H2,20,23,25,26)/t29-/m0/s1. The zero-order chi connectivity index (χ0) is 21.0. The van der Waals surface area contributed by atoms with Crippen LogP contribution in [0.15, 0.2) is 53.7 Å². The smallest absolute Gasteiger partial charge is 0.282 e. The largest absolute Gasteiger partial charge is 0.495 e. The summed E-state index contributed by atoms with van der Waals surface area (Å²) >= 11 is 0. The average molecular weight is 419 g/mol. The summed E-state index contributed by atoms with van der Waals surface area (Å²) in [4.78, 5) is 16.1. The van der Waals surface area contributed by atoms with E-state index in [-0.39, 0.29) is 17.3 Å². The molecule has 0 aliphatic carbocycles. The van der Waals surface area contributed by atoms with Crippen LogP contribution in [-0.2, 0) is 16.5 Å². The fraction of sp³-hybridized carbons (Fsp3) is 0.167. The molecule has 1 atom stereocenters. The number of pyridine rings is 1. The fourth-order valence-electron chi connectivity index (χ4n) is 2.62. The van der Waals surface area contributed by atoms with Crippen LogP contribution in [0.25, 0.3) is 0 Å². The van der Waals surface area contributed by atoms with E-state index < -0.39 is 26.5 Å². The van der Waals surface area contributed by atoms with Crippen molar-refractivity contribution in [3.63, 3.8) is 0 Å². The molecular weight excluding hydrogens is 401 g/mol. The number of benzene rings is 1. The molecule has 0 aliphatic rings. The van der Waals surface area contributed by atoms with Gasteiger partial charge in [-0.1, -0.05) is 6.07 Å². The lowest BCUT2D eigenvalue weighted by Gasteiger charge is -2.14. The number of hydrogen-bond donors (Lipinski definition) is 2. The molecule has 11 heteroatoms. The zero-order valence-corrected chi connectivity index (χ0v) is 16.4. The van der Waals surface area contributed by atoms with Crippen LogP contribution in [0.3, 0.4) is 0 Å². The van der Waals surface area contributed by atoms with Gasteiger partial charge in [-0.15, -0.1) is 0 Å². The Balaban J connectivity index is 1.87. The number of aromatic nitrogens is 3. The van der Waals surface area contributed by atoms with Crippen LogP contribution < -0.4 is 14.2 Å². The summed E-state index contributed by atoms with van der Waals surface area (Å²) in [5.41, 5.74) is 0.525. The highest BCUT2D eigenvalue weighted by molar-refractivity contribution is 7.91. The summed E-state index contributed by atoms with van der Waals surface area (Å²) in [5.74, 6) is -1.78. The number of ether oxygens (including phenoxy) is 2. The molecule has 29 heavy (non-hydrogen) atoms. The van der Waals surface area contributed by atoms with Gasteiger partial charge in [0.2, 0.25) is 5.88 Å². The van der Waals surface area contributed by atoms with Crippen molar-refractivity contribution in [1.82, 2.24) is 19.5 Å². The van der Waals surface area contributed by atoms with Crippen molar-refractivity contribution in [2.24, 2.45) is 0 Å². The molecule has 0 unspecified atom stereocenters. The molecule has 0 bridgehead atoms. The number of carbonyl (C=O) groups is 1. The maximum absolute atomic E-state index is 14.2. The molecule has 152 valence electrons. The number of carbonyl (C=O) groups excluding carboxylic acids is 1. The summed E-state index contributed by atoms with van der Waals surface area (Å²) in [6.45, 7) is 0.368. The maximum atomic E-state index is 14.2. The molecule has 3 aromatic rings. The third-order valence-electron chi connectivity index (χ3n) is 3.93. The monoisotopic (exact) mass is 419 g/mol. The van der Waals surface area contributed by atoms with E-state index in [2.05, 4.69) is 10.1 Å². The minimum Gasteiger partial charge on any atom is -0.495 e. The molecule has 0 aliphatic heterocycles. The van der Waals surface area contributed by atoms with Crippen molar-refractivity contribution in [2.45, 2.75) is 11.4 Å². The van der Waals surface area contributed by atoms with Gasteiger partial charge in [0.1, 0.15) is 22.2 Å². The van der Waals surface area contributed by atoms with E-state index in [0.717, 1.165) is 6.07 Å². The number of methoxy groups -OCH3 is 2. The number of hydrogen-bond acceptors (Lipinski definition) is 7. The van der Waals surface area contributed by atoms with Crippen LogP contribution in [0.1, 0.15) is 16.1 Å². The zero-order valence-electron chi connectivity index (χ0n) is 15.6. The van der Waals surface area contributed by atoms with Gasteiger partial charge in [-0.05, 0) is 30.3 Å². The van der Waals surface area contributed by atoms with Gasteiger partial charge in [-0.2, -0.15) is 5.10 Å². The van der Waals surface area contributed by atoms with Gasteiger partial charge in [-0.3, -0.25) is 14.2 Å². The van der Waals surface area contributed by atoms with Gasteiger partial charge in [0.05, 0.1) is 20.8 Å². The quantitative estimate of drug-likeness (QED) is 0.606. The lowest BCUT2D eigenvalue weighted by molar-refractivity contribution is 0.0976. The number of rotatable bonds is 7. The number of halogens is 1. The van der Waals surface area contributed by atoms with Gasteiger partial charge in [0.15, 0.2) is 9.92 Å². The Bertz CT molecular complexity index is 1130. The van der Waals surface area contributed by atoms with E-state index >= 15 is 0 Å². The van der Waals surface area contributed by atoms with E-state index in [1.54, 1.807) is 29.2 Å². The van der Waals surface area contributed by atoms with E-state index in [1.807, 2.05) is 4.72 Å². The van der Waals surface area contributed by atoms with Crippen LogP contribution in [0.4, 0.5) is 4.39 Å². The molecule has 0 radical (unpaired) electrons. The molecular formula is C18H18FN5O4S. The van der Waals surface area contributed by atoms with Crippen molar-refractivity contribution in [3.05, 3.63) is 65.9 Å². The Hall–Kier alpha value is -3.47. The van der Waals surface area contributed by atoms with Crippen molar-refractivity contribution >= 4 is 15.8 Å². The summed E-state index contributed by atoms with van der Waals surface area (Å²) in [6, 6.07) is 8.50. The molecule has 0 fully saturated rings. The van der Waals surface area contributed by atoms with Crippen molar-refractivity contribution in [1.29, 1.82) is 4.78 Å². The minimum atomic E-state index is -4.05. The van der Waals surface area contributed by atoms with E-state index in [0.29, 0.717) is 12.1 Å². The van der Waals surface area contributed by atoms with Gasteiger partial charge in [0, 0.05) is 18.0 Å². The normalized spacial score (nSPS) is 12.8.